The molecule has 0 spiro atoms. The summed E-state index contributed by atoms with van der Waals surface area (Å²) in [7, 11) is 0. The molecule has 1 aromatic rings. The minimum Gasteiger partial charge on any atom is -0.508 e. The van der Waals surface area contributed by atoms with Crippen molar-refractivity contribution >= 4 is 0 Å². The summed E-state index contributed by atoms with van der Waals surface area (Å²) in [6.07, 6.45) is 4.10. The van der Waals surface area contributed by atoms with E-state index in [1.54, 1.807) is 12.1 Å². The van der Waals surface area contributed by atoms with Gasteiger partial charge in [0.05, 0.1) is 6.04 Å². The second kappa shape index (κ2) is 6.67. The van der Waals surface area contributed by atoms with Crippen LogP contribution in [0.2, 0.25) is 0 Å². The molecule has 3 rings (SSSR count). The molecule has 1 aromatic carbocycles. The molecule has 2 unspecified atom stereocenters. The Balaban J connectivity index is 1.47. The normalized spacial score (nSPS) is 23.6. The number of aromatic hydroxyl groups is 1. The third kappa shape index (κ3) is 3.69. The van der Waals surface area contributed by atoms with Crippen LogP contribution in [0.15, 0.2) is 18.2 Å². The lowest BCUT2D eigenvalue weighted by molar-refractivity contribution is 0.195. The molecule has 4 nitrogen and oxygen atoms in total. The van der Waals surface area contributed by atoms with Gasteiger partial charge in [0.25, 0.3) is 0 Å². The van der Waals surface area contributed by atoms with Crippen molar-refractivity contribution in [2.45, 2.75) is 32.2 Å². The first-order chi connectivity index (χ1) is 10.2. The number of nitrogens with one attached hydrogen (secondary N) is 1. The van der Waals surface area contributed by atoms with Gasteiger partial charge in [-0.05, 0) is 50.5 Å². The fraction of sp³-hybridized carbons (Fsp3) is 0.647. The van der Waals surface area contributed by atoms with Gasteiger partial charge >= 0.3 is 0 Å². The van der Waals surface area contributed by atoms with E-state index in [0.29, 0.717) is 12.5 Å². The topological polar surface area (TPSA) is 44.7 Å². The Morgan fingerprint density at radius 1 is 1.33 bits per heavy atom. The van der Waals surface area contributed by atoms with Crippen molar-refractivity contribution in [1.82, 2.24) is 10.2 Å². The van der Waals surface area contributed by atoms with E-state index in [2.05, 4.69) is 17.1 Å². The molecule has 21 heavy (non-hydrogen) atoms. The zero-order chi connectivity index (χ0) is 14.7. The largest absolute Gasteiger partial charge is 0.508 e. The van der Waals surface area contributed by atoms with Gasteiger partial charge in [-0.3, -0.25) is 0 Å². The Labute approximate surface area is 127 Å². The predicted octanol–water partition coefficient (Wildman–Crippen LogP) is 2.54. The highest BCUT2D eigenvalue weighted by Crippen LogP contribution is 2.34. The third-order valence-corrected chi connectivity index (χ3v) is 4.51. The summed E-state index contributed by atoms with van der Waals surface area (Å²) in [5.41, 5.74) is 1.16. The standard InChI is InChI=1S/C17H26N2O2/c1-13(11-19-7-3-2-4-8-19)10-18-16-12-21-17-9-14(20)5-6-15(16)17/h5-6,9,13,16,18,20H,2-4,7-8,10-12H2,1H3. The Kier molecular flexibility index (Phi) is 4.66. The van der Waals surface area contributed by atoms with Gasteiger partial charge in [0.2, 0.25) is 0 Å². The zero-order valence-corrected chi connectivity index (χ0v) is 12.8. The molecule has 2 N–H and O–H groups in total. The molecule has 0 aromatic heterocycles. The van der Waals surface area contributed by atoms with Crippen molar-refractivity contribution in [1.29, 1.82) is 0 Å². The highest BCUT2D eigenvalue weighted by atomic mass is 16.5. The number of nitrogens with zero attached hydrogens (tertiary/aromatic N) is 1. The number of likely N-dealkylation sites (tertiary alicyclic amines) is 1. The Morgan fingerprint density at radius 2 is 2.14 bits per heavy atom. The van der Waals surface area contributed by atoms with Crippen LogP contribution in [0.1, 0.15) is 37.8 Å². The van der Waals surface area contributed by atoms with Crippen LogP contribution >= 0.6 is 0 Å². The number of ether oxygens (including phenoxy) is 1. The van der Waals surface area contributed by atoms with Crippen molar-refractivity contribution < 1.29 is 9.84 Å². The highest BCUT2D eigenvalue weighted by molar-refractivity contribution is 5.44. The van der Waals surface area contributed by atoms with Crippen LogP contribution in [0.3, 0.4) is 0 Å². The summed E-state index contributed by atoms with van der Waals surface area (Å²) in [5, 5.41) is 13.1. The summed E-state index contributed by atoms with van der Waals surface area (Å²) in [4.78, 5) is 2.59. The molecule has 2 atom stereocenters. The molecule has 4 heteroatoms. The first-order valence-electron chi connectivity index (χ1n) is 8.14. The molecule has 0 radical (unpaired) electrons. The first kappa shape index (κ1) is 14.7. The Morgan fingerprint density at radius 3 is 2.95 bits per heavy atom. The Hall–Kier alpha value is -1.26. The SMILES string of the molecule is CC(CNC1COc2cc(O)ccc21)CN1CCCCC1. The maximum Gasteiger partial charge on any atom is 0.127 e. The lowest BCUT2D eigenvalue weighted by Crippen LogP contribution is -2.37. The third-order valence-electron chi connectivity index (χ3n) is 4.51. The van der Waals surface area contributed by atoms with Gasteiger partial charge in [0.15, 0.2) is 0 Å². The van der Waals surface area contributed by atoms with Crippen LogP contribution in [0.4, 0.5) is 0 Å². The van der Waals surface area contributed by atoms with E-state index in [9.17, 15) is 5.11 Å². The number of phenolic OH excluding ortho intramolecular Hbond substituents is 1. The van der Waals surface area contributed by atoms with Gasteiger partial charge in [-0.2, -0.15) is 0 Å². The van der Waals surface area contributed by atoms with Crippen LogP contribution in [0.25, 0.3) is 0 Å². The maximum atomic E-state index is 9.48. The molecule has 1 fully saturated rings. The first-order valence-corrected chi connectivity index (χ1v) is 8.14. The molecule has 2 aliphatic rings. The number of hydrogen-bond donors (Lipinski definition) is 2. The molecule has 2 heterocycles. The minimum atomic E-state index is 0.254. The number of hydrogen-bond acceptors (Lipinski definition) is 4. The number of benzene rings is 1. The maximum absolute atomic E-state index is 9.48. The molecule has 0 amide bonds. The van der Waals surface area contributed by atoms with Crippen molar-refractivity contribution in [3.05, 3.63) is 23.8 Å². The average Bonchev–Trinajstić information content (AvgIpc) is 2.88. The quantitative estimate of drug-likeness (QED) is 0.875. The van der Waals surface area contributed by atoms with Crippen LogP contribution in [-0.4, -0.2) is 42.8 Å². The van der Waals surface area contributed by atoms with Crippen molar-refractivity contribution in [3.8, 4) is 11.5 Å². The average molecular weight is 290 g/mol. The molecular formula is C17H26N2O2. The summed E-state index contributed by atoms with van der Waals surface area (Å²) >= 11 is 0. The molecule has 116 valence electrons. The predicted molar refractivity (Wildman–Crippen MR) is 83.8 cm³/mol. The molecule has 1 saturated heterocycles. The van der Waals surface area contributed by atoms with Gasteiger partial charge in [0, 0.05) is 18.2 Å². The summed E-state index contributed by atoms with van der Waals surface area (Å²) < 4.78 is 5.64. The van der Waals surface area contributed by atoms with Crippen LogP contribution < -0.4 is 10.1 Å². The summed E-state index contributed by atoms with van der Waals surface area (Å²) in [6.45, 7) is 7.69. The fourth-order valence-corrected chi connectivity index (χ4v) is 3.36. The smallest absolute Gasteiger partial charge is 0.127 e. The lowest BCUT2D eigenvalue weighted by Gasteiger charge is -2.29. The van der Waals surface area contributed by atoms with Gasteiger partial charge in [0.1, 0.15) is 18.1 Å². The van der Waals surface area contributed by atoms with Crippen LogP contribution in [0, 0.1) is 5.92 Å². The van der Waals surface area contributed by atoms with Crippen molar-refractivity contribution in [2.75, 3.05) is 32.8 Å². The van der Waals surface area contributed by atoms with Gasteiger partial charge < -0.3 is 20.1 Å². The number of piperidine rings is 1. The Bertz CT molecular complexity index is 472. The molecular weight excluding hydrogens is 264 g/mol. The van der Waals surface area contributed by atoms with E-state index in [1.165, 1.54) is 38.9 Å². The molecule has 0 aliphatic carbocycles. The van der Waals surface area contributed by atoms with Gasteiger partial charge in [-0.25, -0.2) is 0 Å². The molecule has 0 bridgehead atoms. The van der Waals surface area contributed by atoms with E-state index in [0.717, 1.165) is 17.9 Å². The minimum absolute atomic E-state index is 0.254. The van der Waals surface area contributed by atoms with E-state index in [4.69, 9.17) is 4.74 Å². The fourth-order valence-electron chi connectivity index (χ4n) is 3.36. The number of fused-ring (bicyclic) bond motifs is 1. The van der Waals surface area contributed by atoms with Crippen molar-refractivity contribution in [3.63, 3.8) is 0 Å². The molecule has 2 aliphatic heterocycles. The monoisotopic (exact) mass is 290 g/mol. The van der Waals surface area contributed by atoms with Gasteiger partial charge in [-0.15, -0.1) is 0 Å². The second-order valence-electron chi connectivity index (χ2n) is 6.46. The summed E-state index contributed by atoms with van der Waals surface area (Å²) in [6, 6.07) is 5.66. The highest BCUT2D eigenvalue weighted by Gasteiger charge is 2.24. The van der Waals surface area contributed by atoms with E-state index < -0.39 is 0 Å². The molecule has 0 saturated carbocycles. The second-order valence-corrected chi connectivity index (χ2v) is 6.46. The van der Waals surface area contributed by atoms with E-state index in [1.807, 2.05) is 6.07 Å². The van der Waals surface area contributed by atoms with Gasteiger partial charge in [-0.1, -0.05) is 13.3 Å². The number of phenols is 1. The van der Waals surface area contributed by atoms with Crippen molar-refractivity contribution in [2.24, 2.45) is 5.92 Å². The van der Waals surface area contributed by atoms with Crippen LogP contribution in [-0.2, 0) is 0 Å². The lowest BCUT2D eigenvalue weighted by atomic mass is 10.1. The zero-order valence-electron chi connectivity index (χ0n) is 12.8. The van der Waals surface area contributed by atoms with E-state index in [-0.39, 0.29) is 11.8 Å². The van der Waals surface area contributed by atoms with Crippen LogP contribution in [0.5, 0.6) is 11.5 Å². The van der Waals surface area contributed by atoms with E-state index >= 15 is 0 Å². The summed E-state index contributed by atoms with van der Waals surface area (Å²) in [5.74, 6) is 1.73. The number of rotatable bonds is 5.